The lowest BCUT2D eigenvalue weighted by atomic mass is 10.1. The van der Waals surface area contributed by atoms with Gasteiger partial charge >= 0.3 is 6.18 Å². The predicted octanol–water partition coefficient (Wildman–Crippen LogP) is 2.13. The van der Waals surface area contributed by atoms with E-state index in [1.807, 2.05) is 0 Å². The molecular formula is C15H18F3N3O5. The lowest BCUT2D eigenvalue weighted by Crippen LogP contribution is -2.41. The number of benzene rings is 1. The summed E-state index contributed by atoms with van der Waals surface area (Å²) in [6.07, 6.45) is -4.60. The van der Waals surface area contributed by atoms with Gasteiger partial charge in [0.2, 0.25) is 5.91 Å². The van der Waals surface area contributed by atoms with Crippen LogP contribution in [0.1, 0.15) is 24.2 Å². The standard InChI is InChI=1S/C15H18F3N3O5/c1-9(2)19-13(22)7-20(3)14(23)11-6-10(26-8-15(16,17)18)4-5-12(11)21(24)25/h4-6,9H,7-8H2,1-3H3,(H,19,22). The molecule has 1 N–H and O–H groups in total. The maximum absolute atomic E-state index is 12.4. The molecule has 0 unspecified atom stereocenters. The number of nitrogens with zero attached hydrogens (tertiary/aromatic N) is 2. The lowest BCUT2D eigenvalue weighted by Gasteiger charge is -2.18. The molecule has 144 valence electrons. The van der Waals surface area contributed by atoms with E-state index in [4.69, 9.17) is 0 Å². The molecule has 8 nitrogen and oxygen atoms in total. The first-order valence-electron chi connectivity index (χ1n) is 7.43. The number of amides is 2. The second-order valence-electron chi connectivity index (χ2n) is 5.72. The maximum Gasteiger partial charge on any atom is 0.422 e. The second kappa shape index (κ2) is 8.50. The van der Waals surface area contributed by atoms with Crippen molar-refractivity contribution < 1.29 is 32.4 Å². The number of hydrogen-bond acceptors (Lipinski definition) is 5. The van der Waals surface area contributed by atoms with E-state index in [0.717, 1.165) is 23.1 Å². The first-order chi connectivity index (χ1) is 11.9. The number of nitrogens with one attached hydrogen (secondary N) is 1. The molecule has 0 bridgehead atoms. The number of nitro benzene ring substituents is 1. The normalized spacial score (nSPS) is 11.2. The number of carbonyl (C=O) groups excluding carboxylic acids is 2. The van der Waals surface area contributed by atoms with Gasteiger partial charge in [-0.3, -0.25) is 19.7 Å². The zero-order chi connectivity index (χ0) is 20.1. The highest BCUT2D eigenvalue weighted by Crippen LogP contribution is 2.26. The average Bonchev–Trinajstić information content (AvgIpc) is 2.50. The third kappa shape index (κ3) is 6.57. The molecule has 0 saturated carbocycles. The maximum atomic E-state index is 12.4. The van der Waals surface area contributed by atoms with Crippen LogP contribution in [0.5, 0.6) is 5.75 Å². The molecule has 2 amide bonds. The summed E-state index contributed by atoms with van der Waals surface area (Å²) in [5, 5.41) is 13.6. The van der Waals surface area contributed by atoms with Crippen molar-refractivity contribution in [2.24, 2.45) is 0 Å². The quantitative estimate of drug-likeness (QED) is 0.579. The van der Waals surface area contributed by atoms with Crippen molar-refractivity contribution in [2.75, 3.05) is 20.2 Å². The summed E-state index contributed by atoms with van der Waals surface area (Å²) in [6, 6.07) is 2.52. The Hall–Kier alpha value is -2.85. The highest BCUT2D eigenvalue weighted by Gasteiger charge is 2.30. The molecular weight excluding hydrogens is 359 g/mol. The average molecular weight is 377 g/mol. The molecule has 0 aliphatic rings. The Morgan fingerprint density at radius 3 is 2.46 bits per heavy atom. The van der Waals surface area contributed by atoms with Gasteiger partial charge in [0.05, 0.1) is 11.5 Å². The number of nitro groups is 1. The van der Waals surface area contributed by atoms with Crippen LogP contribution < -0.4 is 10.1 Å². The summed E-state index contributed by atoms with van der Waals surface area (Å²) >= 11 is 0. The molecule has 0 heterocycles. The van der Waals surface area contributed by atoms with Gasteiger partial charge in [-0.1, -0.05) is 0 Å². The summed E-state index contributed by atoms with van der Waals surface area (Å²) in [5.41, 5.74) is -1.08. The van der Waals surface area contributed by atoms with Crippen molar-refractivity contribution in [2.45, 2.75) is 26.1 Å². The number of alkyl halides is 3. The highest BCUT2D eigenvalue weighted by atomic mass is 19.4. The van der Waals surface area contributed by atoms with E-state index in [2.05, 4.69) is 10.1 Å². The third-order valence-electron chi connectivity index (χ3n) is 2.97. The summed E-state index contributed by atoms with van der Waals surface area (Å²) in [5.74, 6) is -1.73. The summed E-state index contributed by atoms with van der Waals surface area (Å²) < 4.78 is 41.2. The van der Waals surface area contributed by atoms with Crippen LogP contribution in [0.4, 0.5) is 18.9 Å². The van der Waals surface area contributed by atoms with Crippen LogP contribution in [0.15, 0.2) is 18.2 Å². The summed E-state index contributed by atoms with van der Waals surface area (Å²) in [6.45, 7) is 1.45. The van der Waals surface area contributed by atoms with Crippen LogP contribution in [0.2, 0.25) is 0 Å². The molecule has 0 fully saturated rings. The Morgan fingerprint density at radius 1 is 1.35 bits per heavy atom. The molecule has 11 heteroatoms. The van der Waals surface area contributed by atoms with Gasteiger partial charge in [-0.15, -0.1) is 0 Å². The Morgan fingerprint density at radius 2 is 1.96 bits per heavy atom. The van der Waals surface area contributed by atoms with E-state index in [9.17, 15) is 32.9 Å². The topological polar surface area (TPSA) is 102 Å². The fourth-order valence-electron chi connectivity index (χ4n) is 1.96. The molecule has 0 aromatic heterocycles. The van der Waals surface area contributed by atoms with Gasteiger partial charge in [0.25, 0.3) is 11.6 Å². The minimum absolute atomic E-state index is 0.167. The van der Waals surface area contributed by atoms with Gasteiger partial charge in [-0.05, 0) is 26.0 Å². The number of halogens is 3. The number of likely N-dealkylation sites (N-methyl/N-ethyl adjacent to an activating group) is 1. The van der Waals surface area contributed by atoms with Gasteiger partial charge < -0.3 is 15.0 Å². The molecule has 0 atom stereocenters. The van der Waals surface area contributed by atoms with Crippen molar-refractivity contribution >= 4 is 17.5 Å². The van der Waals surface area contributed by atoms with Crippen molar-refractivity contribution in [1.29, 1.82) is 0 Å². The van der Waals surface area contributed by atoms with Crippen LogP contribution in [0.25, 0.3) is 0 Å². The molecule has 1 aromatic rings. The van der Waals surface area contributed by atoms with Crippen molar-refractivity contribution in [1.82, 2.24) is 10.2 Å². The van der Waals surface area contributed by atoms with E-state index in [1.165, 1.54) is 7.05 Å². The number of hydrogen-bond donors (Lipinski definition) is 1. The monoisotopic (exact) mass is 377 g/mol. The van der Waals surface area contributed by atoms with Crippen molar-refractivity contribution in [3.05, 3.63) is 33.9 Å². The van der Waals surface area contributed by atoms with Gasteiger partial charge in [0, 0.05) is 19.2 Å². The first-order valence-corrected chi connectivity index (χ1v) is 7.43. The highest BCUT2D eigenvalue weighted by molar-refractivity contribution is 6.00. The van der Waals surface area contributed by atoms with Gasteiger partial charge in [-0.25, -0.2) is 0 Å². The Bertz CT molecular complexity index is 692. The summed E-state index contributed by atoms with van der Waals surface area (Å²) in [4.78, 5) is 35.3. The number of ether oxygens (including phenoxy) is 1. The number of rotatable bonds is 7. The van der Waals surface area contributed by atoms with Crippen LogP contribution >= 0.6 is 0 Å². The smallest absolute Gasteiger partial charge is 0.422 e. The Labute approximate surface area is 147 Å². The number of carbonyl (C=O) groups is 2. The van der Waals surface area contributed by atoms with Crippen LogP contribution in [-0.4, -0.2) is 54.1 Å². The first kappa shape index (κ1) is 21.2. The van der Waals surface area contributed by atoms with E-state index >= 15 is 0 Å². The van der Waals surface area contributed by atoms with Crippen LogP contribution in [0, 0.1) is 10.1 Å². The fraction of sp³-hybridized carbons (Fsp3) is 0.467. The van der Waals surface area contributed by atoms with Gasteiger partial charge in [-0.2, -0.15) is 13.2 Å². The largest absolute Gasteiger partial charge is 0.484 e. The van der Waals surface area contributed by atoms with Crippen molar-refractivity contribution in [3.63, 3.8) is 0 Å². The van der Waals surface area contributed by atoms with Crippen molar-refractivity contribution in [3.8, 4) is 5.75 Å². The molecule has 1 aromatic carbocycles. The Balaban J connectivity index is 3.04. The van der Waals surface area contributed by atoms with Gasteiger partial charge in [0.15, 0.2) is 6.61 Å². The molecule has 0 aliphatic heterocycles. The van der Waals surface area contributed by atoms with E-state index in [-0.39, 0.29) is 18.3 Å². The second-order valence-corrected chi connectivity index (χ2v) is 5.72. The lowest BCUT2D eigenvalue weighted by molar-refractivity contribution is -0.385. The molecule has 26 heavy (non-hydrogen) atoms. The van der Waals surface area contributed by atoms with Crippen LogP contribution in [0.3, 0.4) is 0 Å². The molecule has 1 rings (SSSR count). The minimum atomic E-state index is -4.60. The predicted molar refractivity (Wildman–Crippen MR) is 84.9 cm³/mol. The van der Waals surface area contributed by atoms with Gasteiger partial charge in [0.1, 0.15) is 11.3 Å². The fourth-order valence-corrected chi connectivity index (χ4v) is 1.96. The zero-order valence-corrected chi connectivity index (χ0v) is 14.3. The molecule has 0 aliphatic carbocycles. The summed E-state index contributed by atoms with van der Waals surface area (Å²) in [7, 11) is 1.25. The van der Waals surface area contributed by atoms with E-state index in [1.54, 1.807) is 13.8 Å². The molecule has 0 saturated heterocycles. The van der Waals surface area contributed by atoms with E-state index < -0.39 is 40.8 Å². The SMILES string of the molecule is CC(C)NC(=O)CN(C)C(=O)c1cc(OCC(F)(F)F)ccc1[N+](=O)[O-]. The third-order valence-corrected chi connectivity index (χ3v) is 2.97. The van der Waals surface area contributed by atoms with Crippen LogP contribution in [-0.2, 0) is 4.79 Å². The van der Waals surface area contributed by atoms with E-state index in [0.29, 0.717) is 0 Å². The molecule has 0 radical (unpaired) electrons. The minimum Gasteiger partial charge on any atom is -0.484 e. The Kier molecular flexibility index (Phi) is 6.93. The molecule has 0 spiro atoms. The zero-order valence-electron chi connectivity index (χ0n) is 14.3.